The number of nitrogens with one attached hydrogen (secondary N) is 2. The normalized spacial score (nSPS) is 10.4. The minimum atomic E-state index is -0.150. The predicted octanol–water partition coefficient (Wildman–Crippen LogP) is 1.76. The lowest BCUT2D eigenvalue weighted by Gasteiger charge is -2.08. The van der Waals surface area contributed by atoms with Crippen molar-refractivity contribution in [2.45, 2.75) is 13.3 Å². The van der Waals surface area contributed by atoms with Crippen LogP contribution in [0.5, 0.6) is 5.75 Å². The van der Waals surface area contributed by atoms with Crippen LogP contribution in [0.3, 0.4) is 0 Å². The third-order valence-electron chi connectivity index (χ3n) is 2.94. The number of para-hydroxylation sites is 1. The van der Waals surface area contributed by atoms with Crippen LogP contribution in [0, 0.1) is 6.92 Å². The van der Waals surface area contributed by atoms with Gasteiger partial charge in [-0.3, -0.25) is 4.79 Å². The quantitative estimate of drug-likeness (QED) is 0.760. The zero-order valence-electron chi connectivity index (χ0n) is 12.2. The van der Waals surface area contributed by atoms with Gasteiger partial charge in [0.2, 0.25) is 5.91 Å². The summed E-state index contributed by atoms with van der Waals surface area (Å²) in [6.45, 7) is 2.68. The first kappa shape index (κ1) is 15.1. The highest BCUT2D eigenvalue weighted by atomic mass is 16.5. The number of carbonyl (C=O) groups excluding carboxylic acids is 1. The first-order valence-electron chi connectivity index (χ1n) is 6.75. The first-order valence-corrected chi connectivity index (χ1v) is 6.75. The Morgan fingerprint density at radius 2 is 2.19 bits per heavy atom. The Morgan fingerprint density at radius 3 is 2.90 bits per heavy atom. The van der Waals surface area contributed by atoms with Crippen molar-refractivity contribution >= 4 is 11.7 Å². The predicted molar refractivity (Wildman–Crippen MR) is 79.4 cm³/mol. The van der Waals surface area contributed by atoms with Gasteiger partial charge >= 0.3 is 0 Å². The molecular weight excluding hydrogens is 270 g/mol. The third-order valence-corrected chi connectivity index (χ3v) is 2.94. The molecule has 0 fully saturated rings. The van der Waals surface area contributed by atoms with Gasteiger partial charge in [-0.15, -0.1) is 0 Å². The minimum Gasteiger partial charge on any atom is -0.496 e. The number of ether oxygens (including phenoxy) is 1. The zero-order chi connectivity index (χ0) is 15.1. The van der Waals surface area contributed by atoms with Crippen molar-refractivity contribution < 1.29 is 14.1 Å². The summed E-state index contributed by atoms with van der Waals surface area (Å²) in [6, 6.07) is 9.51. The second kappa shape index (κ2) is 7.44. The highest BCUT2D eigenvalue weighted by Crippen LogP contribution is 2.17. The molecule has 1 amide bonds. The van der Waals surface area contributed by atoms with Crippen LogP contribution in [0.1, 0.15) is 11.3 Å². The summed E-state index contributed by atoms with van der Waals surface area (Å²) < 4.78 is 10.2. The molecule has 0 saturated heterocycles. The average molecular weight is 289 g/mol. The fraction of sp³-hybridized carbons (Fsp3) is 0.333. The Hall–Kier alpha value is -2.34. The summed E-state index contributed by atoms with van der Waals surface area (Å²) in [5.41, 5.74) is 1.11. The van der Waals surface area contributed by atoms with E-state index in [4.69, 9.17) is 9.26 Å². The fourth-order valence-corrected chi connectivity index (χ4v) is 1.95. The van der Waals surface area contributed by atoms with E-state index in [2.05, 4.69) is 15.8 Å². The number of hydrogen-bond acceptors (Lipinski definition) is 5. The second-order valence-electron chi connectivity index (χ2n) is 4.61. The van der Waals surface area contributed by atoms with Crippen molar-refractivity contribution in [2.75, 3.05) is 25.5 Å². The van der Waals surface area contributed by atoms with Crippen molar-refractivity contribution in [3.63, 3.8) is 0 Å². The molecule has 2 aromatic rings. The van der Waals surface area contributed by atoms with Gasteiger partial charge in [-0.25, -0.2) is 0 Å². The highest BCUT2D eigenvalue weighted by molar-refractivity contribution is 5.91. The molecule has 0 aliphatic rings. The molecule has 1 aromatic heterocycles. The topological polar surface area (TPSA) is 76.4 Å². The van der Waals surface area contributed by atoms with E-state index in [0.29, 0.717) is 18.1 Å². The monoisotopic (exact) mass is 289 g/mol. The van der Waals surface area contributed by atoms with Gasteiger partial charge in [0.1, 0.15) is 11.5 Å². The van der Waals surface area contributed by atoms with Gasteiger partial charge in [0.15, 0.2) is 5.82 Å². The summed E-state index contributed by atoms with van der Waals surface area (Å²) in [4.78, 5) is 11.7. The van der Waals surface area contributed by atoms with Gasteiger partial charge in [0.25, 0.3) is 0 Å². The van der Waals surface area contributed by atoms with Crippen LogP contribution in [0.15, 0.2) is 34.9 Å². The van der Waals surface area contributed by atoms with Crippen molar-refractivity contribution in [2.24, 2.45) is 0 Å². The van der Waals surface area contributed by atoms with Crippen LogP contribution in [0.2, 0.25) is 0 Å². The van der Waals surface area contributed by atoms with Crippen molar-refractivity contribution in [1.29, 1.82) is 0 Å². The number of carbonyl (C=O) groups is 1. The molecule has 0 atom stereocenters. The molecule has 0 bridgehead atoms. The van der Waals surface area contributed by atoms with Crippen molar-refractivity contribution in [3.05, 3.63) is 41.7 Å². The van der Waals surface area contributed by atoms with E-state index in [9.17, 15) is 4.79 Å². The average Bonchev–Trinajstić information content (AvgIpc) is 2.89. The van der Waals surface area contributed by atoms with Crippen LogP contribution in [0.25, 0.3) is 0 Å². The number of rotatable bonds is 7. The number of aryl methyl sites for hydroxylation is 1. The number of benzene rings is 1. The minimum absolute atomic E-state index is 0.150. The molecule has 0 aliphatic carbocycles. The van der Waals surface area contributed by atoms with Gasteiger partial charge < -0.3 is 19.9 Å². The molecule has 0 radical (unpaired) electrons. The summed E-state index contributed by atoms with van der Waals surface area (Å²) in [6.07, 6.45) is 0.792. The number of aromatic nitrogens is 1. The molecule has 0 spiro atoms. The zero-order valence-corrected chi connectivity index (χ0v) is 12.2. The second-order valence-corrected chi connectivity index (χ2v) is 4.61. The molecular formula is C15H19N3O3. The van der Waals surface area contributed by atoms with E-state index < -0.39 is 0 Å². The van der Waals surface area contributed by atoms with Crippen LogP contribution in [-0.2, 0) is 11.2 Å². The Balaban J connectivity index is 1.71. The van der Waals surface area contributed by atoms with Gasteiger partial charge in [-0.1, -0.05) is 23.4 Å². The van der Waals surface area contributed by atoms with E-state index in [0.717, 1.165) is 17.7 Å². The third kappa shape index (κ3) is 4.61. The van der Waals surface area contributed by atoms with E-state index in [1.165, 1.54) is 0 Å². The molecule has 2 rings (SSSR count). The van der Waals surface area contributed by atoms with Gasteiger partial charge in [-0.05, 0) is 31.5 Å². The van der Waals surface area contributed by atoms with E-state index in [-0.39, 0.29) is 12.5 Å². The molecule has 0 aliphatic heterocycles. The maximum atomic E-state index is 11.7. The summed E-state index contributed by atoms with van der Waals surface area (Å²) in [7, 11) is 1.65. The van der Waals surface area contributed by atoms with Gasteiger partial charge in [0.05, 0.1) is 13.7 Å². The van der Waals surface area contributed by atoms with Crippen molar-refractivity contribution in [3.8, 4) is 5.75 Å². The lowest BCUT2D eigenvalue weighted by atomic mass is 10.1. The van der Waals surface area contributed by atoms with E-state index in [1.54, 1.807) is 20.1 Å². The lowest BCUT2D eigenvalue weighted by molar-refractivity contribution is -0.115. The molecule has 112 valence electrons. The molecule has 1 heterocycles. The Bertz CT molecular complexity index is 595. The number of anilines is 1. The molecule has 0 saturated carbocycles. The van der Waals surface area contributed by atoms with Gasteiger partial charge in [0, 0.05) is 6.07 Å². The summed E-state index contributed by atoms with van der Waals surface area (Å²) in [5, 5.41) is 9.44. The number of methoxy groups -OCH3 is 1. The Morgan fingerprint density at radius 1 is 1.38 bits per heavy atom. The molecule has 21 heavy (non-hydrogen) atoms. The highest BCUT2D eigenvalue weighted by Gasteiger charge is 2.06. The first-order chi connectivity index (χ1) is 10.2. The molecule has 2 N–H and O–H groups in total. The molecule has 0 unspecified atom stereocenters. The van der Waals surface area contributed by atoms with Gasteiger partial charge in [-0.2, -0.15) is 0 Å². The maximum Gasteiger partial charge on any atom is 0.239 e. The van der Waals surface area contributed by atoms with Crippen molar-refractivity contribution in [1.82, 2.24) is 10.5 Å². The molecule has 6 heteroatoms. The van der Waals surface area contributed by atoms with E-state index >= 15 is 0 Å². The Kier molecular flexibility index (Phi) is 5.34. The Labute approximate surface area is 123 Å². The van der Waals surface area contributed by atoms with Crippen LogP contribution in [-0.4, -0.2) is 31.3 Å². The van der Waals surface area contributed by atoms with E-state index in [1.807, 2.05) is 24.3 Å². The van der Waals surface area contributed by atoms with Crippen LogP contribution >= 0.6 is 0 Å². The lowest BCUT2D eigenvalue weighted by Crippen LogP contribution is -2.29. The number of amides is 1. The smallest absolute Gasteiger partial charge is 0.239 e. The SMILES string of the molecule is COc1ccccc1CCNCC(=O)Nc1cc(C)on1. The van der Waals surface area contributed by atoms with Crippen LogP contribution < -0.4 is 15.4 Å². The largest absolute Gasteiger partial charge is 0.496 e. The molecule has 1 aromatic carbocycles. The summed E-state index contributed by atoms with van der Waals surface area (Å²) >= 11 is 0. The fourth-order valence-electron chi connectivity index (χ4n) is 1.95. The number of hydrogen-bond donors (Lipinski definition) is 2. The number of nitrogens with zero attached hydrogens (tertiary/aromatic N) is 1. The van der Waals surface area contributed by atoms with Crippen LogP contribution in [0.4, 0.5) is 5.82 Å². The molecule has 6 nitrogen and oxygen atoms in total. The summed E-state index contributed by atoms with van der Waals surface area (Å²) in [5.74, 6) is 1.81. The maximum absolute atomic E-state index is 11.7. The standard InChI is InChI=1S/C15H19N3O3/c1-11-9-14(18-21-11)17-15(19)10-16-8-7-12-5-3-4-6-13(12)20-2/h3-6,9,16H,7-8,10H2,1-2H3,(H,17,18,19).